The third-order valence-electron chi connectivity index (χ3n) is 3.06. The van der Waals surface area contributed by atoms with Gasteiger partial charge in [-0.2, -0.15) is 0 Å². The van der Waals surface area contributed by atoms with Crippen molar-refractivity contribution in [3.63, 3.8) is 0 Å². The summed E-state index contributed by atoms with van der Waals surface area (Å²) in [7, 11) is 0. The predicted octanol–water partition coefficient (Wildman–Crippen LogP) is 4.64. The highest BCUT2D eigenvalue weighted by atomic mass is 14.2. The van der Waals surface area contributed by atoms with Gasteiger partial charge in [-0.1, -0.05) is 66.2 Å². The Balaban J connectivity index is 0.000000561. The number of hydrogen-bond donors (Lipinski definition) is 0. The van der Waals surface area contributed by atoms with Crippen molar-refractivity contribution in [2.75, 3.05) is 0 Å². The topological polar surface area (TPSA) is 0 Å². The Hall–Kier alpha value is 0. The third kappa shape index (κ3) is 4.13. The van der Waals surface area contributed by atoms with Gasteiger partial charge in [-0.3, -0.25) is 0 Å². The van der Waals surface area contributed by atoms with Crippen LogP contribution in [0.3, 0.4) is 0 Å². The van der Waals surface area contributed by atoms with Gasteiger partial charge in [0, 0.05) is 0 Å². The Morgan fingerprint density at radius 1 is 1.00 bits per heavy atom. The van der Waals surface area contributed by atoms with Crippen molar-refractivity contribution in [2.24, 2.45) is 11.8 Å². The molecule has 0 heteroatoms. The van der Waals surface area contributed by atoms with Crippen LogP contribution in [-0.4, -0.2) is 0 Å². The Bertz CT molecular complexity index is 86.0. The van der Waals surface area contributed by atoms with Gasteiger partial charge >= 0.3 is 0 Å². The molecule has 0 nitrogen and oxygen atoms in total. The van der Waals surface area contributed by atoms with Crippen molar-refractivity contribution in [1.82, 2.24) is 0 Å². The molecule has 0 spiro atoms. The monoisotopic (exact) mass is 170 g/mol. The average molecular weight is 170 g/mol. The van der Waals surface area contributed by atoms with E-state index in [0.29, 0.717) is 0 Å². The molecule has 12 heavy (non-hydrogen) atoms. The van der Waals surface area contributed by atoms with Crippen LogP contribution >= 0.6 is 0 Å². The van der Waals surface area contributed by atoms with Crippen LogP contribution in [0.1, 0.15) is 66.2 Å². The maximum absolute atomic E-state index is 2.43. The van der Waals surface area contributed by atoms with Gasteiger partial charge < -0.3 is 0 Å². The fourth-order valence-corrected chi connectivity index (χ4v) is 2.18. The van der Waals surface area contributed by atoms with Gasteiger partial charge in [-0.05, 0) is 11.8 Å². The molecule has 0 amide bonds. The van der Waals surface area contributed by atoms with Crippen molar-refractivity contribution < 1.29 is 0 Å². The van der Waals surface area contributed by atoms with Gasteiger partial charge in [-0.25, -0.2) is 0 Å². The molecular formula is C12H26. The summed E-state index contributed by atoms with van der Waals surface area (Å²) in [4.78, 5) is 0. The minimum absolute atomic E-state index is 1.01. The first-order valence-corrected chi connectivity index (χ1v) is 5.84. The zero-order valence-corrected chi connectivity index (χ0v) is 9.40. The second-order valence-electron chi connectivity index (χ2n) is 3.78. The second kappa shape index (κ2) is 7.64. The molecule has 0 heterocycles. The van der Waals surface area contributed by atoms with E-state index < -0.39 is 0 Å². The molecule has 1 rings (SSSR count). The largest absolute Gasteiger partial charge is 0.0683 e. The normalized spacial score (nSPS) is 30.0. The molecule has 1 fully saturated rings. The Kier molecular flexibility index (Phi) is 7.64. The maximum Gasteiger partial charge on any atom is -0.0391 e. The SMILES string of the molecule is CC.CCC1CCCCCC1C. The molecule has 0 aromatic rings. The molecule has 1 saturated carbocycles. The van der Waals surface area contributed by atoms with Gasteiger partial charge in [0.05, 0.1) is 0 Å². The minimum Gasteiger partial charge on any atom is -0.0683 e. The number of hydrogen-bond acceptors (Lipinski definition) is 0. The summed E-state index contributed by atoms with van der Waals surface area (Å²) in [6.07, 6.45) is 8.85. The van der Waals surface area contributed by atoms with Crippen LogP contribution in [0.25, 0.3) is 0 Å². The molecule has 74 valence electrons. The van der Waals surface area contributed by atoms with E-state index in [1.165, 1.54) is 38.5 Å². The summed E-state index contributed by atoms with van der Waals surface area (Å²) in [6, 6.07) is 0. The van der Waals surface area contributed by atoms with Crippen molar-refractivity contribution in [2.45, 2.75) is 66.2 Å². The molecule has 0 bridgehead atoms. The third-order valence-corrected chi connectivity index (χ3v) is 3.06. The lowest BCUT2D eigenvalue weighted by molar-refractivity contribution is 0.328. The summed E-state index contributed by atoms with van der Waals surface area (Å²) >= 11 is 0. The summed E-state index contributed by atoms with van der Waals surface area (Å²) in [5, 5.41) is 0. The van der Waals surface area contributed by atoms with E-state index in [2.05, 4.69) is 13.8 Å². The smallest absolute Gasteiger partial charge is 0.0391 e. The second-order valence-corrected chi connectivity index (χ2v) is 3.78. The van der Waals surface area contributed by atoms with Crippen LogP contribution in [0.5, 0.6) is 0 Å². The molecule has 1 aliphatic carbocycles. The van der Waals surface area contributed by atoms with Gasteiger partial charge in [0.25, 0.3) is 0 Å². The summed E-state index contributed by atoms with van der Waals surface area (Å²) in [5.41, 5.74) is 0. The van der Waals surface area contributed by atoms with Gasteiger partial charge in [0.15, 0.2) is 0 Å². The molecule has 0 aliphatic heterocycles. The molecule has 2 atom stereocenters. The molecule has 0 radical (unpaired) electrons. The lowest BCUT2D eigenvalue weighted by Gasteiger charge is -2.18. The predicted molar refractivity (Wildman–Crippen MR) is 57.4 cm³/mol. The summed E-state index contributed by atoms with van der Waals surface area (Å²) in [6.45, 7) is 8.77. The van der Waals surface area contributed by atoms with Crippen LogP contribution in [0, 0.1) is 11.8 Å². The lowest BCUT2D eigenvalue weighted by atomic mass is 9.88. The Morgan fingerprint density at radius 3 is 2.17 bits per heavy atom. The van der Waals surface area contributed by atoms with E-state index in [4.69, 9.17) is 0 Å². The van der Waals surface area contributed by atoms with Gasteiger partial charge in [0.2, 0.25) is 0 Å². The molecule has 1 aliphatic rings. The Labute approximate surface area is 78.8 Å². The highest BCUT2D eigenvalue weighted by Gasteiger charge is 2.17. The van der Waals surface area contributed by atoms with E-state index in [1.807, 2.05) is 13.8 Å². The fourth-order valence-electron chi connectivity index (χ4n) is 2.18. The van der Waals surface area contributed by atoms with Gasteiger partial charge in [0.1, 0.15) is 0 Å². The lowest BCUT2D eigenvalue weighted by Crippen LogP contribution is -2.07. The first kappa shape index (κ1) is 12.0. The quantitative estimate of drug-likeness (QED) is 0.503. The molecule has 0 N–H and O–H groups in total. The van der Waals surface area contributed by atoms with E-state index in [-0.39, 0.29) is 0 Å². The zero-order valence-electron chi connectivity index (χ0n) is 9.40. The zero-order chi connectivity index (χ0) is 9.40. The maximum atomic E-state index is 2.43. The van der Waals surface area contributed by atoms with Crippen molar-refractivity contribution >= 4 is 0 Å². The van der Waals surface area contributed by atoms with Crippen LogP contribution in [0.4, 0.5) is 0 Å². The molecular weight excluding hydrogens is 144 g/mol. The van der Waals surface area contributed by atoms with E-state index in [1.54, 1.807) is 0 Å². The highest BCUT2D eigenvalue weighted by Crippen LogP contribution is 2.30. The first-order valence-electron chi connectivity index (χ1n) is 5.84. The van der Waals surface area contributed by atoms with Crippen LogP contribution in [0.15, 0.2) is 0 Å². The van der Waals surface area contributed by atoms with E-state index >= 15 is 0 Å². The van der Waals surface area contributed by atoms with Crippen molar-refractivity contribution in [3.05, 3.63) is 0 Å². The van der Waals surface area contributed by atoms with Gasteiger partial charge in [-0.15, -0.1) is 0 Å². The van der Waals surface area contributed by atoms with Crippen molar-refractivity contribution in [1.29, 1.82) is 0 Å². The number of rotatable bonds is 1. The molecule has 2 unspecified atom stereocenters. The van der Waals surface area contributed by atoms with E-state index in [0.717, 1.165) is 11.8 Å². The van der Waals surface area contributed by atoms with Crippen LogP contribution in [0.2, 0.25) is 0 Å². The first-order chi connectivity index (χ1) is 5.84. The molecule has 0 saturated heterocycles. The van der Waals surface area contributed by atoms with Crippen LogP contribution in [-0.2, 0) is 0 Å². The van der Waals surface area contributed by atoms with E-state index in [9.17, 15) is 0 Å². The Morgan fingerprint density at radius 2 is 1.58 bits per heavy atom. The summed E-state index contributed by atoms with van der Waals surface area (Å²) < 4.78 is 0. The summed E-state index contributed by atoms with van der Waals surface area (Å²) in [5.74, 6) is 2.05. The molecule has 0 aromatic heterocycles. The minimum atomic E-state index is 1.01. The highest BCUT2D eigenvalue weighted by molar-refractivity contribution is 4.69. The van der Waals surface area contributed by atoms with Crippen LogP contribution < -0.4 is 0 Å². The average Bonchev–Trinajstić information content (AvgIpc) is 2.33. The standard InChI is InChI=1S/C10H20.C2H6/c1-3-10-8-6-4-5-7-9(10)2;1-2/h9-10H,3-8H2,1-2H3;1-2H3. The van der Waals surface area contributed by atoms with Crippen molar-refractivity contribution in [3.8, 4) is 0 Å². The molecule has 0 aromatic carbocycles. The fraction of sp³-hybridized carbons (Fsp3) is 1.00.